The summed E-state index contributed by atoms with van der Waals surface area (Å²) in [4.78, 5) is 6.16. The number of hydrogen-bond acceptors (Lipinski definition) is 5. The Bertz CT molecular complexity index is 1250. The van der Waals surface area contributed by atoms with Crippen molar-refractivity contribution < 1.29 is 21.6 Å². The maximum atomic E-state index is 13.1. The number of sulfonamides is 1. The fourth-order valence-electron chi connectivity index (χ4n) is 3.66. The van der Waals surface area contributed by atoms with Crippen LogP contribution in [0.2, 0.25) is 5.02 Å². The Kier molecular flexibility index (Phi) is 6.73. The maximum absolute atomic E-state index is 13.1. The Labute approximate surface area is 199 Å². The normalized spacial score (nSPS) is 15.7. The molecule has 5 nitrogen and oxygen atoms in total. The topological polar surface area (TPSA) is 53.5 Å². The molecule has 11 heteroatoms. The van der Waals surface area contributed by atoms with Gasteiger partial charge >= 0.3 is 6.18 Å². The van der Waals surface area contributed by atoms with Gasteiger partial charge in [-0.15, -0.1) is 11.3 Å². The van der Waals surface area contributed by atoms with Gasteiger partial charge in [0.15, 0.2) is 5.13 Å². The van der Waals surface area contributed by atoms with Crippen LogP contribution >= 0.6 is 22.9 Å². The van der Waals surface area contributed by atoms with Crippen molar-refractivity contribution in [3.63, 3.8) is 0 Å². The monoisotopic (exact) mass is 515 g/mol. The molecule has 3 aromatic rings. The summed E-state index contributed by atoms with van der Waals surface area (Å²) in [6, 6.07) is 10.4. The first-order chi connectivity index (χ1) is 15.6. The van der Waals surface area contributed by atoms with E-state index in [4.69, 9.17) is 16.6 Å². The van der Waals surface area contributed by atoms with Crippen LogP contribution in [-0.4, -0.2) is 43.9 Å². The molecule has 1 aliphatic heterocycles. The van der Waals surface area contributed by atoms with Crippen LogP contribution in [0.25, 0.3) is 0 Å². The van der Waals surface area contributed by atoms with Crippen molar-refractivity contribution in [2.45, 2.75) is 24.4 Å². The number of aromatic nitrogens is 1. The molecule has 4 rings (SSSR count). The third-order valence-electron chi connectivity index (χ3n) is 5.56. The maximum Gasteiger partial charge on any atom is 0.416 e. The number of nitrogens with zero attached hydrogens (tertiary/aromatic N) is 3. The standard InChI is InChI=1S/C22H21ClF3N3O2S2/c1-15-4-2-3-5-16(15)12-18-14-32-21(27-18)28-8-10-29(11-9-28)33(30,31)20-13-17(22(24,25)26)6-7-19(20)23/h2-7,13-14H,8-12H2,1H3. The molecule has 1 saturated heterocycles. The Hall–Kier alpha value is -2.14. The van der Waals surface area contributed by atoms with Crippen LogP contribution in [0.3, 0.4) is 0 Å². The number of hydrogen-bond donors (Lipinski definition) is 0. The van der Waals surface area contributed by atoms with Crippen LogP contribution in [0.5, 0.6) is 0 Å². The van der Waals surface area contributed by atoms with Crippen molar-refractivity contribution >= 4 is 38.1 Å². The third-order valence-corrected chi connectivity index (χ3v) is 8.89. The molecule has 0 radical (unpaired) electrons. The van der Waals surface area contributed by atoms with E-state index in [1.165, 1.54) is 26.8 Å². The number of piperazine rings is 1. The average Bonchev–Trinajstić information content (AvgIpc) is 3.23. The fourth-order valence-corrected chi connectivity index (χ4v) is 6.46. The van der Waals surface area contributed by atoms with Gasteiger partial charge in [0.25, 0.3) is 0 Å². The molecule has 0 bridgehead atoms. The molecule has 33 heavy (non-hydrogen) atoms. The SMILES string of the molecule is Cc1ccccc1Cc1csc(N2CCN(S(=O)(=O)c3cc(C(F)(F)F)ccc3Cl)CC2)n1. The van der Waals surface area contributed by atoms with Crippen molar-refractivity contribution in [1.82, 2.24) is 9.29 Å². The predicted molar refractivity (Wildman–Crippen MR) is 124 cm³/mol. The minimum Gasteiger partial charge on any atom is -0.345 e. The van der Waals surface area contributed by atoms with Gasteiger partial charge in [0.1, 0.15) is 4.90 Å². The molecule has 1 fully saturated rings. The Balaban J connectivity index is 1.45. The second kappa shape index (κ2) is 9.25. The third kappa shape index (κ3) is 5.18. The first kappa shape index (κ1) is 24.0. The quantitative estimate of drug-likeness (QED) is 0.467. The molecule has 0 atom stereocenters. The lowest BCUT2D eigenvalue weighted by atomic mass is 10.1. The smallest absolute Gasteiger partial charge is 0.345 e. The molecule has 1 aromatic heterocycles. The highest BCUT2D eigenvalue weighted by molar-refractivity contribution is 7.89. The Morgan fingerprint density at radius 2 is 1.79 bits per heavy atom. The number of thiazole rings is 1. The zero-order valence-corrected chi connectivity index (χ0v) is 20.0. The van der Waals surface area contributed by atoms with Gasteiger partial charge in [-0.2, -0.15) is 17.5 Å². The summed E-state index contributed by atoms with van der Waals surface area (Å²) in [5.41, 5.74) is 2.28. The van der Waals surface area contributed by atoms with Gasteiger partial charge in [-0.25, -0.2) is 13.4 Å². The molecule has 0 unspecified atom stereocenters. The van der Waals surface area contributed by atoms with Gasteiger partial charge in [0.05, 0.1) is 16.3 Å². The van der Waals surface area contributed by atoms with Crippen molar-refractivity contribution in [2.24, 2.45) is 0 Å². The number of benzene rings is 2. The minimum atomic E-state index is -4.66. The average molecular weight is 516 g/mol. The number of anilines is 1. The zero-order chi connectivity index (χ0) is 23.8. The van der Waals surface area contributed by atoms with Crippen LogP contribution in [0.1, 0.15) is 22.4 Å². The molecule has 2 heterocycles. The second-order valence-corrected chi connectivity index (χ2v) is 10.9. The van der Waals surface area contributed by atoms with Crippen molar-refractivity contribution in [1.29, 1.82) is 0 Å². The van der Waals surface area contributed by atoms with Gasteiger partial charge in [-0.05, 0) is 36.2 Å². The van der Waals surface area contributed by atoms with E-state index in [1.54, 1.807) is 0 Å². The summed E-state index contributed by atoms with van der Waals surface area (Å²) in [5, 5.41) is 2.56. The lowest BCUT2D eigenvalue weighted by Gasteiger charge is -2.34. The molecular weight excluding hydrogens is 495 g/mol. The first-order valence-electron chi connectivity index (χ1n) is 10.2. The molecule has 1 aliphatic rings. The number of alkyl halides is 3. The highest BCUT2D eigenvalue weighted by Crippen LogP contribution is 2.35. The molecule has 0 aliphatic carbocycles. The number of halogens is 4. The fraction of sp³-hybridized carbons (Fsp3) is 0.318. The van der Waals surface area contributed by atoms with E-state index >= 15 is 0 Å². The molecule has 176 valence electrons. The van der Waals surface area contributed by atoms with Gasteiger partial charge in [0, 0.05) is 38.0 Å². The van der Waals surface area contributed by atoms with Gasteiger partial charge in [-0.1, -0.05) is 35.9 Å². The van der Waals surface area contributed by atoms with E-state index in [1.807, 2.05) is 22.4 Å². The van der Waals surface area contributed by atoms with Crippen molar-refractivity contribution in [3.8, 4) is 0 Å². The molecule has 2 aromatic carbocycles. The zero-order valence-electron chi connectivity index (χ0n) is 17.6. The van der Waals surface area contributed by atoms with Crippen LogP contribution < -0.4 is 4.90 Å². The minimum absolute atomic E-state index is 0.127. The molecule has 0 spiro atoms. The van der Waals surface area contributed by atoms with Gasteiger partial charge in [-0.3, -0.25) is 0 Å². The summed E-state index contributed by atoms with van der Waals surface area (Å²) < 4.78 is 66.4. The lowest BCUT2D eigenvalue weighted by molar-refractivity contribution is -0.137. The summed E-state index contributed by atoms with van der Waals surface area (Å²) in [5.74, 6) is 0. The molecular formula is C22H21ClF3N3O2S2. The largest absolute Gasteiger partial charge is 0.416 e. The van der Waals surface area contributed by atoms with E-state index in [-0.39, 0.29) is 18.1 Å². The summed E-state index contributed by atoms with van der Waals surface area (Å²) in [6.45, 7) is 3.07. The summed E-state index contributed by atoms with van der Waals surface area (Å²) in [6.07, 6.45) is -3.94. The second-order valence-electron chi connectivity index (χ2n) is 7.76. The van der Waals surface area contributed by atoms with Crippen molar-refractivity contribution in [3.05, 3.63) is 75.3 Å². The highest BCUT2D eigenvalue weighted by atomic mass is 35.5. The summed E-state index contributed by atoms with van der Waals surface area (Å²) in [7, 11) is -4.16. The van der Waals surface area contributed by atoms with E-state index < -0.39 is 26.7 Å². The van der Waals surface area contributed by atoms with Crippen LogP contribution in [0.15, 0.2) is 52.7 Å². The molecule has 0 saturated carbocycles. The van der Waals surface area contributed by atoms with Gasteiger partial charge in [0.2, 0.25) is 10.0 Å². The molecule has 0 N–H and O–H groups in total. The van der Waals surface area contributed by atoms with E-state index in [0.29, 0.717) is 25.6 Å². The Morgan fingerprint density at radius 3 is 2.45 bits per heavy atom. The predicted octanol–water partition coefficient (Wildman–Crippen LogP) is 5.23. The summed E-state index contributed by atoms with van der Waals surface area (Å²) >= 11 is 7.46. The first-order valence-corrected chi connectivity index (χ1v) is 12.9. The number of aryl methyl sites for hydroxylation is 1. The van der Waals surface area contributed by atoms with Crippen LogP contribution in [0, 0.1) is 6.92 Å². The number of rotatable bonds is 5. The lowest BCUT2D eigenvalue weighted by Crippen LogP contribution is -2.48. The van der Waals surface area contributed by atoms with E-state index in [2.05, 4.69) is 19.1 Å². The van der Waals surface area contributed by atoms with Gasteiger partial charge < -0.3 is 4.90 Å². The highest BCUT2D eigenvalue weighted by Gasteiger charge is 2.35. The van der Waals surface area contributed by atoms with E-state index in [9.17, 15) is 21.6 Å². The van der Waals surface area contributed by atoms with Crippen LogP contribution in [0.4, 0.5) is 18.3 Å². The van der Waals surface area contributed by atoms with Crippen molar-refractivity contribution in [2.75, 3.05) is 31.1 Å². The van der Waals surface area contributed by atoms with Crippen LogP contribution in [-0.2, 0) is 22.6 Å². The Morgan fingerprint density at radius 1 is 1.09 bits per heavy atom. The van der Waals surface area contributed by atoms with E-state index in [0.717, 1.165) is 23.0 Å². The molecule has 0 amide bonds.